The molecular weight excluding hydrogens is 804 g/mol. The molecule has 12 nitrogen and oxygen atoms in total. The normalized spacial score (nSPS) is 18.8. The zero-order chi connectivity index (χ0) is 41.7. The Balaban J connectivity index is 1.24. The Morgan fingerprint density at radius 2 is 1.59 bits per heavy atom. The lowest BCUT2D eigenvalue weighted by Crippen LogP contribution is -2.28. The van der Waals surface area contributed by atoms with Crippen LogP contribution in [0, 0.1) is 0 Å². The number of carboxylic acid groups (broad SMARTS) is 2. The molecule has 0 unspecified atom stereocenters. The molecule has 3 aliphatic rings. The van der Waals surface area contributed by atoms with E-state index in [2.05, 4.69) is 28.1 Å². The number of anilines is 1. The number of carboxylic acids is 2. The molecule has 15 heteroatoms. The summed E-state index contributed by atoms with van der Waals surface area (Å²) in [7, 11) is -4.66. The lowest BCUT2D eigenvalue weighted by molar-refractivity contribution is -0.777. The van der Waals surface area contributed by atoms with Gasteiger partial charge in [-0.25, -0.2) is 8.42 Å². The molecule has 0 amide bonds. The lowest BCUT2D eigenvalue weighted by atomic mass is 9.79. The first-order valence-corrected chi connectivity index (χ1v) is 21.0. The molecule has 7 rings (SSSR count). The van der Waals surface area contributed by atoms with Crippen molar-refractivity contribution in [3.05, 3.63) is 118 Å². The number of rotatable bonds is 13. The van der Waals surface area contributed by atoms with Crippen LogP contribution in [0.3, 0.4) is 0 Å². The standard InChI is InChI=1S/C43H41ClN2O10S2/c1-42(2)35(45(21-19-37(47)48)33-15-7-27-23-29(57-56-55-51)11-13-31(27)39(33)42)17-9-25-5-6-26(41(25)44)10-18-36-43(3,4)40-32-14-12-30(58(52,53)54)24-28(32)8-16-34(40)46(36)22-20-38(49)50/h7-18,23-24H,5-6,19-22H2,1-4H3,(H3-,47,48,49,50,51,52,53,54)/p-1. The Morgan fingerprint density at radius 3 is 2.29 bits per heavy atom. The molecule has 2 N–H and O–H groups in total. The van der Waals surface area contributed by atoms with E-state index in [0.717, 1.165) is 73.3 Å². The predicted molar refractivity (Wildman–Crippen MR) is 219 cm³/mol. The topological polar surface area (TPSA) is 180 Å². The summed E-state index contributed by atoms with van der Waals surface area (Å²) in [4.78, 5) is 25.9. The van der Waals surface area contributed by atoms with Gasteiger partial charge in [0.2, 0.25) is 5.69 Å². The molecule has 0 fully saturated rings. The van der Waals surface area contributed by atoms with Crippen molar-refractivity contribution in [2.45, 2.75) is 74.0 Å². The summed E-state index contributed by atoms with van der Waals surface area (Å²) < 4.78 is 41.8. The molecule has 0 atom stereocenters. The number of benzene rings is 4. The summed E-state index contributed by atoms with van der Waals surface area (Å²) >= 11 is 7.91. The fourth-order valence-electron chi connectivity index (χ4n) is 8.67. The van der Waals surface area contributed by atoms with E-state index in [4.69, 9.17) is 11.6 Å². The Kier molecular flexibility index (Phi) is 11.2. The summed E-state index contributed by atoms with van der Waals surface area (Å²) in [6.45, 7) is 8.74. The van der Waals surface area contributed by atoms with Crippen molar-refractivity contribution < 1.29 is 52.0 Å². The van der Waals surface area contributed by atoms with Crippen LogP contribution in [0.1, 0.15) is 64.5 Å². The van der Waals surface area contributed by atoms with E-state index in [0.29, 0.717) is 28.2 Å². The van der Waals surface area contributed by atoms with E-state index in [1.807, 2.05) is 79.1 Å². The second kappa shape index (κ2) is 15.8. The molecular formula is C43H40ClN2O10S2-. The fraction of sp³-hybridized carbons (Fsp3) is 0.279. The van der Waals surface area contributed by atoms with Gasteiger partial charge in [0, 0.05) is 51.0 Å². The largest absolute Gasteiger partial charge is 0.744 e. The first-order chi connectivity index (χ1) is 27.4. The van der Waals surface area contributed by atoms with Crippen molar-refractivity contribution in [2.24, 2.45) is 0 Å². The molecule has 302 valence electrons. The Morgan fingerprint density at radius 1 is 0.897 bits per heavy atom. The SMILES string of the molecule is CC1(C)C(=CC=C2CCC(C=CC3=[N+](CCC(=O)O)c4ccc5cc(S(=O)(=O)[O-])ccc5c4C3(C)C)=C2Cl)N(CCC(=O)O)c2ccc3cc(SOO[O-])ccc3c21. The van der Waals surface area contributed by atoms with Crippen LogP contribution in [0.15, 0.2) is 117 Å². The summed E-state index contributed by atoms with van der Waals surface area (Å²) in [6.07, 6.45) is 9.11. The maximum atomic E-state index is 11.8. The van der Waals surface area contributed by atoms with Crippen LogP contribution in [0.25, 0.3) is 21.5 Å². The smallest absolute Gasteiger partial charge is 0.309 e. The first kappa shape index (κ1) is 41.4. The van der Waals surface area contributed by atoms with Crippen molar-refractivity contribution in [3.8, 4) is 0 Å². The number of fused-ring (bicyclic) bond motifs is 6. The highest BCUT2D eigenvalue weighted by atomic mass is 35.5. The molecule has 2 heterocycles. The highest BCUT2D eigenvalue weighted by Crippen LogP contribution is 2.52. The van der Waals surface area contributed by atoms with Gasteiger partial charge in [-0.1, -0.05) is 55.8 Å². The third-order valence-corrected chi connectivity index (χ3v) is 13.2. The molecule has 0 bridgehead atoms. The quantitative estimate of drug-likeness (QED) is 0.0438. The monoisotopic (exact) mass is 843 g/mol. The van der Waals surface area contributed by atoms with E-state index in [1.54, 1.807) is 12.1 Å². The number of hydrogen-bond donors (Lipinski definition) is 2. The minimum atomic E-state index is -4.66. The molecule has 4 aromatic rings. The van der Waals surface area contributed by atoms with E-state index in [9.17, 15) is 38.0 Å². The second-order valence-electron chi connectivity index (χ2n) is 15.5. The van der Waals surface area contributed by atoms with Crippen LogP contribution in [-0.4, -0.2) is 58.5 Å². The fourth-order valence-corrected chi connectivity index (χ4v) is 9.89. The Bertz CT molecular complexity index is 2680. The molecule has 58 heavy (non-hydrogen) atoms. The number of carbonyl (C=O) groups is 2. The van der Waals surface area contributed by atoms with Crippen LogP contribution in [0.2, 0.25) is 0 Å². The van der Waals surface area contributed by atoms with Gasteiger partial charge >= 0.3 is 11.9 Å². The van der Waals surface area contributed by atoms with E-state index < -0.39 is 32.9 Å². The van der Waals surface area contributed by atoms with Crippen LogP contribution in [0.5, 0.6) is 0 Å². The number of hydrogen-bond acceptors (Lipinski definition) is 10. The van der Waals surface area contributed by atoms with Crippen molar-refractivity contribution >= 4 is 84.3 Å². The van der Waals surface area contributed by atoms with Gasteiger partial charge in [-0.15, -0.1) is 0 Å². The van der Waals surface area contributed by atoms with Gasteiger partial charge in [-0.3, -0.25) is 14.6 Å². The molecule has 0 spiro atoms. The molecule has 0 saturated heterocycles. The van der Waals surface area contributed by atoms with Crippen molar-refractivity contribution in [3.63, 3.8) is 0 Å². The highest BCUT2D eigenvalue weighted by Gasteiger charge is 2.46. The van der Waals surface area contributed by atoms with Gasteiger partial charge in [-0.2, -0.15) is 8.91 Å². The van der Waals surface area contributed by atoms with Gasteiger partial charge in [0.25, 0.3) is 0 Å². The second-order valence-corrected chi connectivity index (χ2v) is 18.0. The highest BCUT2D eigenvalue weighted by molar-refractivity contribution is 7.94. The van der Waals surface area contributed by atoms with Crippen LogP contribution >= 0.6 is 23.6 Å². The van der Waals surface area contributed by atoms with E-state index in [1.165, 1.54) is 12.1 Å². The molecule has 0 radical (unpaired) electrons. The third-order valence-electron chi connectivity index (χ3n) is 11.3. The minimum Gasteiger partial charge on any atom is -0.744 e. The van der Waals surface area contributed by atoms with Crippen LogP contribution < -0.4 is 10.2 Å². The summed E-state index contributed by atoms with van der Waals surface area (Å²) in [6, 6.07) is 17.5. The summed E-state index contributed by atoms with van der Waals surface area (Å²) in [5, 5.41) is 37.0. The number of aliphatic carboxylic acids is 2. The predicted octanol–water partition coefficient (Wildman–Crippen LogP) is 7.90. The Hall–Kier alpha value is -4.80. The number of allylic oxidation sites excluding steroid dienone is 8. The first-order valence-electron chi connectivity index (χ1n) is 18.5. The summed E-state index contributed by atoms with van der Waals surface area (Å²) in [5.41, 5.74) is 6.07. The van der Waals surface area contributed by atoms with Crippen LogP contribution in [0.4, 0.5) is 11.4 Å². The molecule has 1 aliphatic carbocycles. The molecule has 4 aromatic carbocycles. The zero-order valence-electron chi connectivity index (χ0n) is 32.1. The lowest BCUT2D eigenvalue weighted by Gasteiger charge is -2.26. The van der Waals surface area contributed by atoms with Gasteiger partial charge in [0.1, 0.15) is 16.5 Å². The van der Waals surface area contributed by atoms with Crippen LogP contribution in [-0.2, 0) is 39.9 Å². The van der Waals surface area contributed by atoms with Gasteiger partial charge in [-0.05, 0) is 107 Å². The van der Waals surface area contributed by atoms with Crippen molar-refractivity contribution in [1.82, 2.24) is 0 Å². The summed E-state index contributed by atoms with van der Waals surface area (Å²) in [5.74, 6) is -1.85. The van der Waals surface area contributed by atoms with E-state index in [-0.39, 0.29) is 30.8 Å². The van der Waals surface area contributed by atoms with Gasteiger partial charge < -0.3 is 24.9 Å². The molecule has 0 aromatic heterocycles. The third kappa shape index (κ3) is 7.61. The Labute approximate surface area is 344 Å². The van der Waals surface area contributed by atoms with E-state index >= 15 is 0 Å². The number of halogens is 1. The molecule has 0 saturated carbocycles. The number of nitrogens with zero attached hydrogens (tertiary/aromatic N) is 2. The average Bonchev–Trinajstić information content (AvgIpc) is 3.71. The maximum absolute atomic E-state index is 11.8. The van der Waals surface area contributed by atoms with Gasteiger partial charge in [0.15, 0.2) is 12.3 Å². The van der Waals surface area contributed by atoms with Crippen molar-refractivity contribution in [2.75, 3.05) is 18.0 Å². The van der Waals surface area contributed by atoms with Gasteiger partial charge in [0.05, 0.1) is 28.8 Å². The average molecular weight is 844 g/mol. The zero-order valence-corrected chi connectivity index (χ0v) is 34.5. The maximum Gasteiger partial charge on any atom is 0.309 e. The minimum absolute atomic E-state index is 0.0689. The molecule has 2 aliphatic heterocycles. The van der Waals surface area contributed by atoms with Crippen molar-refractivity contribution in [1.29, 1.82) is 0 Å².